The molecular formula is C35H44ClF2N3O5S. The Labute approximate surface area is 281 Å². The molecule has 2 bridgehead atoms. The first-order valence-electron chi connectivity index (χ1n) is 16.8. The van der Waals surface area contributed by atoms with Crippen molar-refractivity contribution >= 4 is 39.1 Å². The molecule has 0 radical (unpaired) electrons. The highest BCUT2D eigenvalue weighted by Gasteiger charge is 2.50. The predicted octanol–water partition coefficient (Wildman–Crippen LogP) is 6.45. The number of nitrogens with one attached hydrogen (secondary N) is 1. The van der Waals surface area contributed by atoms with Gasteiger partial charge in [0, 0.05) is 29.6 Å². The van der Waals surface area contributed by atoms with Gasteiger partial charge < -0.3 is 14.5 Å². The molecule has 0 aromatic heterocycles. The Morgan fingerprint density at radius 1 is 1.00 bits per heavy atom. The van der Waals surface area contributed by atoms with E-state index in [1.54, 1.807) is 25.1 Å². The average Bonchev–Trinajstić information content (AvgIpc) is 3.03. The number of alkyl halides is 2. The summed E-state index contributed by atoms with van der Waals surface area (Å²) in [6.45, 7) is 3.90. The number of hydrogen-bond acceptors (Lipinski definition) is 6. The van der Waals surface area contributed by atoms with E-state index < -0.39 is 46.1 Å². The van der Waals surface area contributed by atoms with Crippen LogP contribution in [0.4, 0.5) is 14.5 Å². The molecule has 2 fully saturated rings. The molecule has 6 rings (SSSR count). The number of benzene rings is 2. The van der Waals surface area contributed by atoms with E-state index in [9.17, 15) is 26.8 Å². The second kappa shape index (κ2) is 13.5. The largest absolute Gasteiger partial charge is 0.487 e. The first kappa shape index (κ1) is 34.0. The van der Waals surface area contributed by atoms with Gasteiger partial charge in [-0.2, -0.15) is 0 Å². The summed E-state index contributed by atoms with van der Waals surface area (Å²) in [5.74, 6) is -3.68. The third-order valence-corrected chi connectivity index (χ3v) is 13.0. The minimum atomic E-state index is -4.01. The van der Waals surface area contributed by atoms with Crippen molar-refractivity contribution in [1.82, 2.24) is 9.62 Å². The topological polar surface area (TPSA) is 96.0 Å². The van der Waals surface area contributed by atoms with E-state index >= 15 is 0 Å². The molecule has 1 N–H and O–H groups in total. The molecule has 256 valence electrons. The molecule has 8 nitrogen and oxygen atoms in total. The van der Waals surface area contributed by atoms with Crippen molar-refractivity contribution < 1.29 is 31.5 Å². The average molecular weight is 692 g/mol. The van der Waals surface area contributed by atoms with Crippen molar-refractivity contribution in [1.29, 1.82) is 0 Å². The van der Waals surface area contributed by atoms with Gasteiger partial charge in [0.15, 0.2) is 0 Å². The van der Waals surface area contributed by atoms with E-state index in [-0.39, 0.29) is 29.2 Å². The van der Waals surface area contributed by atoms with Gasteiger partial charge in [-0.1, -0.05) is 31.0 Å². The molecule has 1 saturated carbocycles. The normalized spacial score (nSPS) is 29.4. The lowest BCUT2D eigenvalue weighted by atomic mass is 9.65. The van der Waals surface area contributed by atoms with Crippen LogP contribution in [0.25, 0.3) is 0 Å². The third kappa shape index (κ3) is 7.41. The van der Waals surface area contributed by atoms with Crippen LogP contribution in [0, 0.1) is 23.7 Å². The number of sulfonamides is 1. The minimum absolute atomic E-state index is 0.0292. The zero-order valence-electron chi connectivity index (χ0n) is 27.0. The van der Waals surface area contributed by atoms with Gasteiger partial charge in [0.25, 0.3) is 11.8 Å². The number of hydrogen-bond donors (Lipinski definition) is 1. The molecule has 3 aliphatic heterocycles. The number of halogens is 3. The number of aryl methyl sites for hydroxylation is 1. The highest BCUT2D eigenvalue weighted by atomic mass is 35.5. The molecule has 2 aromatic rings. The maximum absolute atomic E-state index is 13.8. The van der Waals surface area contributed by atoms with E-state index in [4.69, 9.17) is 16.3 Å². The minimum Gasteiger partial charge on any atom is -0.487 e. The molecule has 47 heavy (non-hydrogen) atoms. The highest BCUT2D eigenvalue weighted by molar-refractivity contribution is 7.90. The zero-order chi connectivity index (χ0) is 33.5. The van der Waals surface area contributed by atoms with Gasteiger partial charge in [-0.15, -0.1) is 0 Å². The van der Waals surface area contributed by atoms with E-state index in [1.165, 1.54) is 4.90 Å². The molecule has 0 spiro atoms. The number of nitrogens with zero attached hydrogens (tertiary/aromatic N) is 2. The highest BCUT2D eigenvalue weighted by Crippen LogP contribution is 2.46. The number of likely N-dealkylation sites (tertiary alicyclic amines) is 1. The standard InChI is InChI=1S/C35H44ClF2N3O5S/c1-22-6-5-8-30(34(43)41-20-35(37,38)21-41)29-13-10-26(29)18-40-15-4-3-7-24-16-28(36)12-9-27(24)19-46-32-14-11-25(17-31(32)40)33(42)39-47(44,45)23(22)2/h9,11-12,14,16-17,22-23,26,29-30H,3-8,10,13,15,18-21H2,1-2H3,(H,39,42)/t22?,23?,26?,29?,30-/m0/s1. The lowest BCUT2D eigenvalue weighted by Gasteiger charge is -2.47. The van der Waals surface area contributed by atoms with Crippen LogP contribution in [0.3, 0.4) is 0 Å². The van der Waals surface area contributed by atoms with E-state index in [2.05, 4.69) is 9.62 Å². The van der Waals surface area contributed by atoms with Crippen molar-refractivity contribution in [2.75, 3.05) is 31.1 Å². The molecule has 1 aliphatic carbocycles. The summed E-state index contributed by atoms with van der Waals surface area (Å²) in [6.07, 6.45) is 5.94. The second-order valence-electron chi connectivity index (χ2n) is 14.0. The molecule has 4 unspecified atom stereocenters. The third-order valence-electron chi connectivity index (χ3n) is 10.9. The number of fused-ring (bicyclic) bond motifs is 3. The van der Waals surface area contributed by atoms with Crippen LogP contribution in [-0.4, -0.2) is 62.5 Å². The van der Waals surface area contributed by atoms with Gasteiger partial charge in [0.05, 0.1) is 24.0 Å². The van der Waals surface area contributed by atoms with E-state index in [0.29, 0.717) is 55.4 Å². The lowest BCUT2D eigenvalue weighted by Crippen LogP contribution is -2.61. The smallest absolute Gasteiger partial charge is 0.282 e. The lowest BCUT2D eigenvalue weighted by molar-refractivity contribution is -0.173. The Kier molecular flexibility index (Phi) is 9.78. The fourth-order valence-corrected chi connectivity index (χ4v) is 9.12. The second-order valence-corrected chi connectivity index (χ2v) is 16.5. The van der Waals surface area contributed by atoms with Gasteiger partial charge in [0.2, 0.25) is 15.9 Å². The van der Waals surface area contributed by atoms with Gasteiger partial charge >= 0.3 is 0 Å². The Balaban J connectivity index is 1.36. The molecule has 5 atom stereocenters. The van der Waals surface area contributed by atoms with Gasteiger partial charge in [-0.05, 0) is 111 Å². The van der Waals surface area contributed by atoms with Crippen LogP contribution in [0.15, 0.2) is 36.4 Å². The number of ether oxygens (including phenoxy) is 1. The monoisotopic (exact) mass is 691 g/mol. The molecule has 3 heterocycles. The van der Waals surface area contributed by atoms with Crippen LogP contribution >= 0.6 is 11.6 Å². The summed E-state index contributed by atoms with van der Waals surface area (Å²) >= 11 is 6.32. The summed E-state index contributed by atoms with van der Waals surface area (Å²) in [4.78, 5) is 30.6. The van der Waals surface area contributed by atoms with Crippen LogP contribution in [0.2, 0.25) is 5.02 Å². The van der Waals surface area contributed by atoms with Crippen molar-refractivity contribution in [2.24, 2.45) is 23.7 Å². The summed E-state index contributed by atoms with van der Waals surface area (Å²) in [5.41, 5.74) is 3.06. The van der Waals surface area contributed by atoms with Crippen LogP contribution in [-0.2, 0) is 27.8 Å². The number of amides is 2. The molecule has 2 amide bonds. The van der Waals surface area contributed by atoms with E-state index in [1.807, 2.05) is 25.1 Å². The number of rotatable bonds is 1. The van der Waals surface area contributed by atoms with Crippen molar-refractivity contribution in [3.8, 4) is 5.75 Å². The van der Waals surface area contributed by atoms with Crippen molar-refractivity contribution in [3.05, 3.63) is 58.1 Å². The Morgan fingerprint density at radius 2 is 1.79 bits per heavy atom. The Bertz CT molecular complexity index is 1610. The predicted molar refractivity (Wildman–Crippen MR) is 177 cm³/mol. The zero-order valence-corrected chi connectivity index (χ0v) is 28.6. The number of carbonyl (C=O) groups is 2. The Hall–Kier alpha value is -2.92. The summed E-state index contributed by atoms with van der Waals surface area (Å²) in [6, 6.07) is 10.8. The fraction of sp³-hybridized carbons (Fsp3) is 0.600. The maximum atomic E-state index is 13.8. The van der Waals surface area contributed by atoms with Gasteiger partial charge in [0.1, 0.15) is 12.4 Å². The number of anilines is 1. The fourth-order valence-electron chi connectivity index (χ4n) is 7.62. The molecular weight excluding hydrogens is 648 g/mol. The summed E-state index contributed by atoms with van der Waals surface area (Å²) < 4.78 is 63.0. The first-order valence-corrected chi connectivity index (χ1v) is 18.8. The maximum Gasteiger partial charge on any atom is 0.282 e. The van der Waals surface area contributed by atoms with Crippen LogP contribution in [0.1, 0.15) is 80.3 Å². The summed E-state index contributed by atoms with van der Waals surface area (Å²) in [5, 5.41) is -0.186. The van der Waals surface area contributed by atoms with E-state index in [0.717, 1.165) is 43.2 Å². The van der Waals surface area contributed by atoms with Crippen LogP contribution in [0.5, 0.6) is 5.75 Å². The van der Waals surface area contributed by atoms with Gasteiger partial charge in [-0.25, -0.2) is 21.9 Å². The quantitative estimate of drug-likeness (QED) is 0.370. The van der Waals surface area contributed by atoms with Gasteiger partial charge in [-0.3, -0.25) is 9.59 Å². The molecule has 12 heteroatoms. The molecule has 2 aromatic carbocycles. The van der Waals surface area contributed by atoms with Crippen LogP contribution < -0.4 is 14.4 Å². The molecule has 1 saturated heterocycles. The van der Waals surface area contributed by atoms with Crippen molar-refractivity contribution in [3.63, 3.8) is 0 Å². The SMILES string of the molecule is CC1CCC[C@H](C(=O)N2CC(F)(F)C2)C2CCC2CN2CCCCc3cc(Cl)ccc3COc3ccc(cc32)C(=O)NS(=O)(=O)C1C. The number of carbonyl (C=O) groups excluding carboxylic acids is 2. The van der Waals surface area contributed by atoms with Crippen molar-refractivity contribution in [2.45, 2.75) is 83.0 Å². The first-order chi connectivity index (χ1) is 22.3. The summed E-state index contributed by atoms with van der Waals surface area (Å²) in [7, 11) is -4.01. The molecule has 4 aliphatic rings. The Morgan fingerprint density at radius 3 is 2.51 bits per heavy atom.